The molecule has 0 aromatic carbocycles. The molecule has 3 heteroatoms. The summed E-state index contributed by atoms with van der Waals surface area (Å²) < 4.78 is 0. The Morgan fingerprint density at radius 1 is 1.22 bits per heavy atom. The first-order chi connectivity index (χ1) is 8.47. The standard InChI is InChI=1S/C15H27NOS/c1-12(2)8-15(11-17,9-13(3)4)16-10-14-6-5-7-18-14/h5-7,12-13,16-17H,8-11H2,1-4H3. The molecule has 0 amide bonds. The van der Waals surface area contributed by atoms with Gasteiger partial charge in [-0.3, -0.25) is 0 Å². The summed E-state index contributed by atoms with van der Waals surface area (Å²) >= 11 is 1.77. The van der Waals surface area contributed by atoms with Crippen LogP contribution in [0, 0.1) is 11.8 Å². The van der Waals surface area contributed by atoms with Crippen molar-refractivity contribution in [1.29, 1.82) is 0 Å². The van der Waals surface area contributed by atoms with E-state index in [-0.39, 0.29) is 12.1 Å². The van der Waals surface area contributed by atoms with Gasteiger partial charge in [0.1, 0.15) is 0 Å². The fraction of sp³-hybridized carbons (Fsp3) is 0.733. The molecule has 0 aliphatic rings. The van der Waals surface area contributed by atoms with Crippen molar-refractivity contribution in [3.63, 3.8) is 0 Å². The molecule has 0 saturated heterocycles. The smallest absolute Gasteiger partial charge is 0.0613 e. The van der Waals surface area contributed by atoms with Crippen molar-refractivity contribution < 1.29 is 5.11 Å². The van der Waals surface area contributed by atoms with Gasteiger partial charge in [-0.15, -0.1) is 11.3 Å². The molecule has 0 unspecified atom stereocenters. The molecule has 1 heterocycles. The second-order valence-corrected chi connectivity index (χ2v) is 7.10. The van der Waals surface area contributed by atoms with Gasteiger partial charge in [0.2, 0.25) is 0 Å². The summed E-state index contributed by atoms with van der Waals surface area (Å²) in [5, 5.41) is 15.6. The van der Waals surface area contributed by atoms with E-state index in [9.17, 15) is 5.11 Å². The van der Waals surface area contributed by atoms with Crippen LogP contribution in [0.3, 0.4) is 0 Å². The van der Waals surface area contributed by atoms with Gasteiger partial charge in [-0.2, -0.15) is 0 Å². The molecule has 18 heavy (non-hydrogen) atoms. The van der Waals surface area contributed by atoms with Gasteiger partial charge in [-0.25, -0.2) is 0 Å². The fourth-order valence-electron chi connectivity index (χ4n) is 2.66. The Morgan fingerprint density at radius 2 is 1.83 bits per heavy atom. The van der Waals surface area contributed by atoms with Crippen LogP contribution in [-0.2, 0) is 6.54 Å². The monoisotopic (exact) mass is 269 g/mol. The zero-order chi connectivity index (χ0) is 13.6. The van der Waals surface area contributed by atoms with Crippen LogP contribution in [-0.4, -0.2) is 17.3 Å². The molecular weight excluding hydrogens is 242 g/mol. The van der Waals surface area contributed by atoms with Gasteiger partial charge in [-0.1, -0.05) is 33.8 Å². The molecule has 2 nitrogen and oxygen atoms in total. The van der Waals surface area contributed by atoms with E-state index in [0.717, 1.165) is 19.4 Å². The highest BCUT2D eigenvalue weighted by atomic mass is 32.1. The van der Waals surface area contributed by atoms with Crippen molar-refractivity contribution in [1.82, 2.24) is 5.32 Å². The molecule has 0 bridgehead atoms. The molecule has 1 aromatic heterocycles. The predicted molar refractivity (Wildman–Crippen MR) is 79.9 cm³/mol. The number of hydrogen-bond donors (Lipinski definition) is 2. The average molecular weight is 269 g/mol. The second kappa shape index (κ2) is 7.27. The Labute approximate surface area is 115 Å². The molecule has 1 rings (SSSR count). The Kier molecular flexibility index (Phi) is 6.33. The number of aliphatic hydroxyl groups is 1. The molecule has 0 saturated carbocycles. The minimum atomic E-state index is -0.133. The zero-order valence-electron chi connectivity index (χ0n) is 12.1. The van der Waals surface area contributed by atoms with Crippen LogP contribution in [0.5, 0.6) is 0 Å². The minimum absolute atomic E-state index is 0.133. The highest BCUT2D eigenvalue weighted by Crippen LogP contribution is 2.25. The van der Waals surface area contributed by atoms with Gasteiger partial charge in [0, 0.05) is 17.0 Å². The van der Waals surface area contributed by atoms with Crippen molar-refractivity contribution in [2.75, 3.05) is 6.61 Å². The van der Waals surface area contributed by atoms with Crippen LogP contribution in [0.15, 0.2) is 17.5 Å². The quantitative estimate of drug-likeness (QED) is 0.755. The van der Waals surface area contributed by atoms with E-state index in [1.54, 1.807) is 11.3 Å². The summed E-state index contributed by atoms with van der Waals surface area (Å²) in [7, 11) is 0. The lowest BCUT2D eigenvalue weighted by Gasteiger charge is -2.36. The van der Waals surface area contributed by atoms with Crippen LogP contribution in [0.2, 0.25) is 0 Å². The molecule has 0 aliphatic heterocycles. The maximum absolute atomic E-state index is 9.84. The van der Waals surface area contributed by atoms with Crippen molar-refractivity contribution in [2.24, 2.45) is 11.8 Å². The lowest BCUT2D eigenvalue weighted by Crippen LogP contribution is -2.50. The van der Waals surface area contributed by atoms with Gasteiger partial charge >= 0.3 is 0 Å². The third-order valence-electron chi connectivity index (χ3n) is 3.12. The Morgan fingerprint density at radius 3 is 2.22 bits per heavy atom. The second-order valence-electron chi connectivity index (χ2n) is 6.07. The average Bonchev–Trinajstić information content (AvgIpc) is 2.77. The number of thiophene rings is 1. The van der Waals surface area contributed by atoms with E-state index in [1.165, 1.54) is 4.88 Å². The van der Waals surface area contributed by atoms with Crippen LogP contribution in [0.4, 0.5) is 0 Å². The summed E-state index contributed by atoms with van der Waals surface area (Å²) in [4.78, 5) is 1.33. The van der Waals surface area contributed by atoms with Crippen molar-refractivity contribution in [3.8, 4) is 0 Å². The fourth-order valence-corrected chi connectivity index (χ4v) is 3.31. The van der Waals surface area contributed by atoms with E-state index in [2.05, 4.69) is 50.5 Å². The Hall–Kier alpha value is -0.380. The van der Waals surface area contributed by atoms with E-state index in [4.69, 9.17) is 0 Å². The summed E-state index contributed by atoms with van der Waals surface area (Å²) in [6, 6.07) is 4.22. The number of aliphatic hydroxyl groups excluding tert-OH is 1. The number of nitrogens with one attached hydrogen (secondary N) is 1. The van der Waals surface area contributed by atoms with Gasteiger partial charge in [-0.05, 0) is 36.1 Å². The molecule has 2 N–H and O–H groups in total. The minimum Gasteiger partial charge on any atom is -0.394 e. The maximum atomic E-state index is 9.84. The van der Waals surface area contributed by atoms with Crippen LogP contribution in [0.1, 0.15) is 45.4 Å². The number of rotatable bonds is 8. The molecule has 1 aromatic rings. The van der Waals surface area contributed by atoms with Gasteiger partial charge in [0.05, 0.1) is 6.61 Å². The highest BCUT2D eigenvalue weighted by molar-refractivity contribution is 7.09. The largest absolute Gasteiger partial charge is 0.394 e. The van der Waals surface area contributed by atoms with Gasteiger partial charge in [0.15, 0.2) is 0 Å². The molecule has 0 radical (unpaired) electrons. The number of hydrogen-bond acceptors (Lipinski definition) is 3. The first-order valence-electron chi connectivity index (χ1n) is 6.86. The lowest BCUT2D eigenvalue weighted by molar-refractivity contribution is 0.115. The molecule has 0 fully saturated rings. The molecule has 0 spiro atoms. The molecule has 104 valence electrons. The maximum Gasteiger partial charge on any atom is 0.0613 e. The van der Waals surface area contributed by atoms with Gasteiger partial charge < -0.3 is 10.4 Å². The predicted octanol–water partition coefficient (Wildman–Crippen LogP) is 3.66. The van der Waals surface area contributed by atoms with E-state index < -0.39 is 0 Å². The van der Waals surface area contributed by atoms with E-state index in [1.807, 2.05) is 0 Å². The third-order valence-corrected chi connectivity index (χ3v) is 3.99. The first-order valence-corrected chi connectivity index (χ1v) is 7.73. The lowest BCUT2D eigenvalue weighted by atomic mass is 9.82. The summed E-state index contributed by atoms with van der Waals surface area (Å²) in [6.07, 6.45) is 2.04. The van der Waals surface area contributed by atoms with E-state index >= 15 is 0 Å². The van der Waals surface area contributed by atoms with Crippen molar-refractivity contribution in [3.05, 3.63) is 22.4 Å². The van der Waals surface area contributed by atoms with Gasteiger partial charge in [0.25, 0.3) is 0 Å². The van der Waals surface area contributed by atoms with Crippen molar-refractivity contribution in [2.45, 2.75) is 52.6 Å². The van der Waals surface area contributed by atoms with Crippen LogP contribution < -0.4 is 5.32 Å². The Bertz CT molecular complexity index is 309. The molecule has 0 atom stereocenters. The van der Waals surface area contributed by atoms with E-state index in [0.29, 0.717) is 11.8 Å². The SMILES string of the molecule is CC(C)CC(CO)(CC(C)C)NCc1cccs1. The first kappa shape index (κ1) is 15.7. The summed E-state index contributed by atoms with van der Waals surface area (Å²) in [5.41, 5.74) is -0.133. The van der Waals surface area contributed by atoms with Crippen LogP contribution >= 0.6 is 11.3 Å². The normalized spacial score (nSPS) is 12.6. The molecular formula is C15H27NOS. The molecule has 0 aliphatic carbocycles. The third kappa shape index (κ3) is 5.09. The topological polar surface area (TPSA) is 32.3 Å². The highest BCUT2D eigenvalue weighted by Gasteiger charge is 2.30. The summed E-state index contributed by atoms with van der Waals surface area (Å²) in [5.74, 6) is 1.18. The summed E-state index contributed by atoms with van der Waals surface area (Å²) in [6.45, 7) is 9.95. The zero-order valence-corrected chi connectivity index (χ0v) is 12.9. The van der Waals surface area contributed by atoms with Crippen molar-refractivity contribution >= 4 is 11.3 Å². The van der Waals surface area contributed by atoms with Crippen LogP contribution in [0.25, 0.3) is 0 Å². The Balaban J connectivity index is 2.67.